The molecule has 1 heterocycles. The topological polar surface area (TPSA) is 82.2 Å². The summed E-state index contributed by atoms with van der Waals surface area (Å²) in [5.74, 6) is 0.358. The second kappa shape index (κ2) is 6.99. The molecule has 1 amide bonds. The van der Waals surface area contributed by atoms with Crippen LogP contribution in [0.2, 0.25) is 5.02 Å². The maximum absolute atomic E-state index is 12.0. The van der Waals surface area contributed by atoms with E-state index in [0.717, 1.165) is 6.42 Å². The maximum Gasteiger partial charge on any atom is 0.246 e. The van der Waals surface area contributed by atoms with Crippen molar-refractivity contribution in [3.05, 3.63) is 35.6 Å². The number of amides is 1. The van der Waals surface area contributed by atoms with Gasteiger partial charge < -0.3 is 15.8 Å². The van der Waals surface area contributed by atoms with Gasteiger partial charge in [-0.15, -0.1) is 0 Å². The van der Waals surface area contributed by atoms with Gasteiger partial charge in [-0.25, -0.2) is 0 Å². The molecular weight excluding hydrogens is 292 g/mol. The minimum absolute atomic E-state index is 0.0664. The van der Waals surface area contributed by atoms with Crippen LogP contribution >= 0.6 is 11.6 Å². The number of carbonyl (C=O) groups excluding carboxylic acids is 1. The molecule has 0 atom stereocenters. The Morgan fingerprint density at radius 3 is 3.00 bits per heavy atom. The summed E-state index contributed by atoms with van der Waals surface area (Å²) in [6.07, 6.45) is 3.96. The molecule has 2 aromatic rings. The van der Waals surface area contributed by atoms with Crippen LogP contribution in [0.1, 0.15) is 13.3 Å². The molecule has 0 radical (unpaired) electrons. The highest BCUT2D eigenvalue weighted by atomic mass is 35.5. The lowest BCUT2D eigenvalue weighted by atomic mass is 10.3. The number of halogens is 1. The number of hydrogen-bond acceptors (Lipinski definition) is 4. The molecule has 7 heteroatoms. The molecule has 0 aliphatic rings. The van der Waals surface area contributed by atoms with Gasteiger partial charge in [0, 0.05) is 11.2 Å². The van der Waals surface area contributed by atoms with Crippen molar-refractivity contribution in [3.63, 3.8) is 0 Å². The highest BCUT2D eigenvalue weighted by Crippen LogP contribution is 2.28. The predicted octanol–water partition coefficient (Wildman–Crippen LogP) is 2.55. The lowest BCUT2D eigenvalue weighted by molar-refractivity contribution is -0.116. The van der Waals surface area contributed by atoms with Crippen LogP contribution in [-0.4, -0.2) is 22.3 Å². The molecule has 3 N–H and O–H groups in total. The van der Waals surface area contributed by atoms with E-state index < -0.39 is 0 Å². The Kier molecular flexibility index (Phi) is 5.05. The maximum atomic E-state index is 12.0. The minimum Gasteiger partial charge on any atom is -0.491 e. The highest BCUT2D eigenvalue weighted by Gasteiger charge is 2.10. The van der Waals surface area contributed by atoms with E-state index in [1.165, 1.54) is 10.9 Å². The summed E-state index contributed by atoms with van der Waals surface area (Å²) in [6.45, 7) is 2.65. The van der Waals surface area contributed by atoms with E-state index in [4.69, 9.17) is 22.1 Å². The van der Waals surface area contributed by atoms with Crippen molar-refractivity contribution in [1.82, 2.24) is 9.78 Å². The zero-order valence-electron chi connectivity index (χ0n) is 11.7. The number of hydrogen-bond donors (Lipinski definition) is 2. The molecule has 1 aromatic carbocycles. The Balaban J connectivity index is 2.06. The van der Waals surface area contributed by atoms with Crippen LogP contribution in [0, 0.1) is 0 Å². The fourth-order valence-electron chi connectivity index (χ4n) is 1.74. The molecule has 2 rings (SSSR count). The molecule has 0 aliphatic carbocycles. The van der Waals surface area contributed by atoms with Gasteiger partial charge in [-0.1, -0.05) is 18.5 Å². The summed E-state index contributed by atoms with van der Waals surface area (Å²) >= 11 is 5.96. The molecule has 1 aromatic heterocycles. The summed E-state index contributed by atoms with van der Waals surface area (Å²) < 4.78 is 7.04. The predicted molar refractivity (Wildman–Crippen MR) is 82.5 cm³/mol. The third-order valence-electron chi connectivity index (χ3n) is 2.64. The Morgan fingerprint density at radius 1 is 1.52 bits per heavy atom. The number of nitrogens with one attached hydrogen (secondary N) is 1. The molecule has 21 heavy (non-hydrogen) atoms. The quantitative estimate of drug-likeness (QED) is 0.859. The van der Waals surface area contributed by atoms with Crippen molar-refractivity contribution < 1.29 is 9.53 Å². The summed E-state index contributed by atoms with van der Waals surface area (Å²) in [6, 6.07) is 5.11. The van der Waals surface area contributed by atoms with Gasteiger partial charge in [0.2, 0.25) is 5.91 Å². The molecule has 0 aliphatic heterocycles. The van der Waals surface area contributed by atoms with Crippen LogP contribution in [0.5, 0.6) is 5.75 Å². The first-order valence-electron chi connectivity index (χ1n) is 6.58. The number of anilines is 2. The third-order valence-corrected chi connectivity index (χ3v) is 2.87. The number of aromatic nitrogens is 2. The Labute approximate surface area is 127 Å². The van der Waals surface area contributed by atoms with Gasteiger partial charge in [0.1, 0.15) is 12.3 Å². The smallest absolute Gasteiger partial charge is 0.246 e. The molecule has 0 saturated heterocycles. The van der Waals surface area contributed by atoms with E-state index >= 15 is 0 Å². The van der Waals surface area contributed by atoms with Crippen LogP contribution in [-0.2, 0) is 11.3 Å². The molecule has 0 unspecified atom stereocenters. The summed E-state index contributed by atoms with van der Waals surface area (Å²) in [4.78, 5) is 12.0. The number of carbonyl (C=O) groups is 1. The summed E-state index contributed by atoms with van der Waals surface area (Å²) in [5.41, 5.74) is 6.61. The lowest BCUT2D eigenvalue weighted by Crippen LogP contribution is -2.19. The van der Waals surface area contributed by atoms with Crippen LogP contribution in [0.25, 0.3) is 0 Å². The van der Waals surface area contributed by atoms with Crippen LogP contribution in [0.3, 0.4) is 0 Å². The number of benzene rings is 1. The monoisotopic (exact) mass is 308 g/mol. The Morgan fingerprint density at radius 2 is 2.33 bits per heavy atom. The highest BCUT2D eigenvalue weighted by molar-refractivity contribution is 6.31. The number of rotatable bonds is 6. The molecule has 0 spiro atoms. The average molecular weight is 309 g/mol. The second-order valence-corrected chi connectivity index (χ2v) is 4.94. The largest absolute Gasteiger partial charge is 0.491 e. The van der Waals surface area contributed by atoms with Gasteiger partial charge in [-0.3, -0.25) is 9.48 Å². The number of nitrogens with two attached hydrogens (primary N) is 1. The van der Waals surface area contributed by atoms with E-state index in [0.29, 0.717) is 28.8 Å². The van der Waals surface area contributed by atoms with Crippen molar-refractivity contribution in [2.75, 3.05) is 17.7 Å². The van der Waals surface area contributed by atoms with E-state index in [9.17, 15) is 4.79 Å². The van der Waals surface area contributed by atoms with Gasteiger partial charge in [-0.2, -0.15) is 5.10 Å². The van der Waals surface area contributed by atoms with Crippen molar-refractivity contribution >= 4 is 28.9 Å². The SMILES string of the molecule is CCCOc1ccc(Cl)cc1NC(=O)Cn1cc(N)cn1. The van der Waals surface area contributed by atoms with Gasteiger partial charge in [0.05, 0.1) is 24.2 Å². The summed E-state index contributed by atoms with van der Waals surface area (Å²) in [5, 5.41) is 7.25. The molecule has 0 bridgehead atoms. The van der Waals surface area contributed by atoms with Crippen molar-refractivity contribution in [2.24, 2.45) is 0 Å². The fourth-order valence-corrected chi connectivity index (χ4v) is 1.91. The number of nitrogen functional groups attached to an aromatic ring is 1. The zero-order valence-corrected chi connectivity index (χ0v) is 12.4. The molecule has 6 nitrogen and oxygen atoms in total. The van der Waals surface area contributed by atoms with Crippen LogP contribution < -0.4 is 15.8 Å². The van der Waals surface area contributed by atoms with Gasteiger partial charge in [0.25, 0.3) is 0 Å². The lowest BCUT2D eigenvalue weighted by Gasteiger charge is -2.12. The van der Waals surface area contributed by atoms with E-state index in [1.807, 2.05) is 6.92 Å². The van der Waals surface area contributed by atoms with Crippen molar-refractivity contribution in [3.8, 4) is 5.75 Å². The van der Waals surface area contributed by atoms with Gasteiger partial charge >= 0.3 is 0 Å². The fraction of sp³-hybridized carbons (Fsp3) is 0.286. The molecule has 0 fully saturated rings. The van der Waals surface area contributed by atoms with E-state index in [2.05, 4.69) is 10.4 Å². The van der Waals surface area contributed by atoms with E-state index in [1.54, 1.807) is 24.4 Å². The summed E-state index contributed by atoms with van der Waals surface area (Å²) in [7, 11) is 0. The van der Waals surface area contributed by atoms with Crippen molar-refractivity contribution in [1.29, 1.82) is 0 Å². The standard InChI is InChI=1S/C14H17ClN4O2/c1-2-5-21-13-4-3-10(15)6-12(13)18-14(20)9-19-8-11(16)7-17-19/h3-4,6-8H,2,5,9,16H2,1H3,(H,18,20). The Hall–Kier alpha value is -2.21. The average Bonchev–Trinajstić information content (AvgIpc) is 2.83. The molecule has 112 valence electrons. The molecule has 0 saturated carbocycles. The first-order valence-corrected chi connectivity index (χ1v) is 6.96. The van der Waals surface area contributed by atoms with Crippen LogP contribution in [0.4, 0.5) is 11.4 Å². The first-order chi connectivity index (χ1) is 10.1. The van der Waals surface area contributed by atoms with Gasteiger partial charge in [0.15, 0.2) is 0 Å². The molecular formula is C14H17ClN4O2. The van der Waals surface area contributed by atoms with Crippen LogP contribution in [0.15, 0.2) is 30.6 Å². The number of ether oxygens (including phenoxy) is 1. The van der Waals surface area contributed by atoms with Crippen molar-refractivity contribution in [2.45, 2.75) is 19.9 Å². The number of nitrogens with zero attached hydrogens (tertiary/aromatic N) is 2. The second-order valence-electron chi connectivity index (χ2n) is 4.51. The first kappa shape index (κ1) is 15.2. The Bertz CT molecular complexity index is 627. The normalized spacial score (nSPS) is 10.4. The third kappa shape index (κ3) is 4.39. The zero-order chi connectivity index (χ0) is 15.2. The minimum atomic E-state index is -0.235. The van der Waals surface area contributed by atoms with Gasteiger partial charge in [-0.05, 0) is 24.6 Å². The van der Waals surface area contributed by atoms with E-state index in [-0.39, 0.29) is 12.5 Å².